The lowest BCUT2D eigenvalue weighted by atomic mass is 10.6. The lowest BCUT2D eigenvalue weighted by Gasteiger charge is -2.05. The van der Waals surface area contributed by atoms with Crippen LogP contribution >= 0.6 is 0 Å². The molecule has 11 heavy (non-hydrogen) atoms. The molecule has 64 valence electrons. The maximum Gasteiger partial charge on any atom is 0.325 e. The quantitative estimate of drug-likeness (QED) is 0.280. The Bertz CT molecular complexity index is 157. The van der Waals surface area contributed by atoms with Gasteiger partial charge in [0, 0.05) is 0 Å². The van der Waals surface area contributed by atoms with Crippen molar-refractivity contribution in [1.29, 1.82) is 0 Å². The van der Waals surface area contributed by atoms with E-state index in [-0.39, 0.29) is 0 Å². The van der Waals surface area contributed by atoms with Gasteiger partial charge >= 0.3 is 6.03 Å². The Morgan fingerprint density at radius 1 is 1.36 bits per heavy atom. The lowest BCUT2D eigenvalue weighted by molar-refractivity contribution is -0.122. The topological polar surface area (TPSA) is 119 Å². The third-order valence-electron chi connectivity index (χ3n) is 0.657. The molecule has 0 atom stereocenters. The zero-order valence-corrected chi connectivity index (χ0v) is 5.44. The van der Waals surface area contributed by atoms with Gasteiger partial charge in [0.15, 0.2) is 0 Å². The van der Waals surface area contributed by atoms with E-state index in [2.05, 4.69) is 0 Å². The van der Waals surface area contributed by atoms with E-state index in [1.165, 1.54) is 5.32 Å². The van der Waals surface area contributed by atoms with Crippen LogP contribution in [0.5, 0.6) is 0 Å². The second-order valence-electron chi connectivity index (χ2n) is 1.55. The van der Waals surface area contributed by atoms with Gasteiger partial charge in [-0.2, -0.15) is 0 Å². The number of imide groups is 1. The Morgan fingerprint density at radius 2 is 1.91 bits per heavy atom. The van der Waals surface area contributed by atoms with Crippen LogP contribution in [-0.4, -0.2) is 40.3 Å². The van der Waals surface area contributed by atoms with Crippen molar-refractivity contribution in [3.05, 3.63) is 0 Å². The molecular weight excluding hydrogens is 156 g/mol. The van der Waals surface area contributed by atoms with Gasteiger partial charge < -0.3 is 15.3 Å². The lowest BCUT2D eigenvalue weighted by Crippen LogP contribution is -2.45. The molecule has 0 saturated heterocycles. The number of nitrogens with one attached hydrogen (secondary N) is 2. The highest BCUT2D eigenvalue weighted by Gasteiger charge is 2.07. The third-order valence-corrected chi connectivity index (χ3v) is 0.657. The van der Waals surface area contributed by atoms with Gasteiger partial charge in [-0.05, 0) is 0 Å². The van der Waals surface area contributed by atoms with Crippen molar-refractivity contribution in [1.82, 2.24) is 10.6 Å². The standard InChI is InChI=1S/C4H8N2O5/c7-1-2(8)5-3(9)6-4(10)11/h4,7,10-11H,1H2,(H2,5,6,8,9). The van der Waals surface area contributed by atoms with Crippen LogP contribution in [0.1, 0.15) is 0 Å². The van der Waals surface area contributed by atoms with E-state index >= 15 is 0 Å². The molecular formula is C4H8N2O5. The van der Waals surface area contributed by atoms with Gasteiger partial charge in [-0.1, -0.05) is 0 Å². The van der Waals surface area contributed by atoms with Crippen LogP contribution in [0.15, 0.2) is 0 Å². The predicted octanol–water partition coefficient (Wildman–Crippen LogP) is -2.93. The van der Waals surface area contributed by atoms with Crippen LogP contribution in [0.3, 0.4) is 0 Å². The minimum atomic E-state index is -2.03. The summed E-state index contributed by atoms with van der Waals surface area (Å²) in [7, 11) is 0. The highest BCUT2D eigenvalue weighted by molar-refractivity contribution is 5.94. The number of rotatable bonds is 2. The van der Waals surface area contributed by atoms with Crippen molar-refractivity contribution in [3.63, 3.8) is 0 Å². The highest BCUT2D eigenvalue weighted by atomic mass is 16.5. The Morgan fingerprint density at radius 3 is 2.27 bits per heavy atom. The maximum atomic E-state index is 10.3. The van der Waals surface area contributed by atoms with Gasteiger partial charge in [0.05, 0.1) is 0 Å². The molecule has 7 nitrogen and oxygen atoms in total. The van der Waals surface area contributed by atoms with Crippen molar-refractivity contribution in [3.8, 4) is 0 Å². The molecule has 3 amide bonds. The molecule has 0 spiro atoms. The van der Waals surface area contributed by atoms with E-state index in [1.54, 1.807) is 5.32 Å². The first-order valence-corrected chi connectivity index (χ1v) is 2.63. The molecule has 0 aromatic heterocycles. The molecule has 0 unspecified atom stereocenters. The van der Waals surface area contributed by atoms with Gasteiger partial charge in [0.25, 0.3) is 5.91 Å². The average Bonchev–Trinajstić information content (AvgIpc) is 1.85. The molecule has 0 radical (unpaired) electrons. The van der Waals surface area contributed by atoms with E-state index in [0.717, 1.165) is 0 Å². The zero-order chi connectivity index (χ0) is 8.85. The molecule has 0 saturated carbocycles. The van der Waals surface area contributed by atoms with Crippen LogP contribution in [0, 0.1) is 0 Å². The monoisotopic (exact) mass is 164 g/mol. The van der Waals surface area contributed by atoms with Crippen molar-refractivity contribution < 1.29 is 24.9 Å². The number of aliphatic hydroxyl groups is 3. The summed E-state index contributed by atoms with van der Waals surface area (Å²) in [6.07, 6.45) is -2.03. The molecule has 7 heteroatoms. The van der Waals surface area contributed by atoms with Crippen molar-refractivity contribution in [2.24, 2.45) is 0 Å². The zero-order valence-electron chi connectivity index (χ0n) is 5.44. The minimum absolute atomic E-state index is 0.838. The van der Waals surface area contributed by atoms with E-state index in [4.69, 9.17) is 15.3 Å². The molecule has 0 aliphatic carbocycles. The van der Waals surface area contributed by atoms with E-state index < -0.39 is 25.0 Å². The number of hydrogen-bond acceptors (Lipinski definition) is 5. The fraction of sp³-hybridized carbons (Fsp3) is 0.500. The first-order valence-electron chi connectivity index (χ1n) is 2.63. The highest BCUT2D eigenvalue weighted by Crippen LogP contribution is 1.69. The third kappa shape index (κ3) is 5.27. The summed E-state index contributed by atoms with van der Waals surface area (Å²) in [5.74, 6) is -0.928. The molecule has 0 rings (SSSR count). The Hall–Kier alpha value is -1.18. The molecule has 0 heterocycles. The summed E-state index contributed by atoms with van der Waals surface area (Å²) < 4.78 is 0. The van der Waals surface area contributed by atoms with Crippen LogP contribution < -0.4 is 10.6 Å². The van der Waals surface area contributed by atoms with Crippen molar-refractivity contribution in [2.45, 2.75) is 6.41 Å². The smallest absolute Gasteiger partial charge is 0.325 e. The molecule has 0 aliphatic heterocycles. The molecule has 0 fully saturated rings. The number of carbonyl (C=O) groups is 2. The second kappa shape index (κ2) is 4.61. The first-order chi connectivity index (χ1) is 5.06. The number of urea groups is 1. The summed E-state index contributed by atoms with van der Waals surface area (Å²) in [6.45, 7) is -0.838. The van der Waals surface area contributed by atoms with Crippen LogP contribution in [0.2, 0.25) is 0 Å². The molecule has 5 N–H and O–H groups in total. The summed E-state index contributed by atoms with van der Waals surface area (Å²) >= 11 is 0. The number of carbonyl (C=O) groups excluding carboxylic acids is 2. The average molecular weight is 164 g/mol. The predicted molar refractivity (Wildman–Crippen MR) is 32.0 cm³/mol. The molecule has 0 aromatic carbocycles. The Kier molecular flexibility index (Phi) is 4.11. The van der Waals surface area contributed by atoms with Gasteiger partial charge in [0.1, 0.15) is 6.61 Å². The fourth-order valence-electron chi connectivity index (χ4n) is 0.319. The van der Waals surface area contributed by atoms with Crippen LogP contribution in [0.25, 0.3) is 0 Å². The summed E-state index contributed by atoms with van der Waals surface area (Å²) in [4.78, 5) is 20.6. The number of amides is 3. The van der Waals surface area contributed by atoms with E-state index in [9.17, 15) is 9.59 Å². The summed E-state index contributed by atoms with van der Waals surface area (Å²) in [5, 5.41) is 27.5. The molecule has 0 aliphatic rings. The summed E-state index contributed by atoms with van der Waals surface area (Å²) in [6, 6.07) is -1.08. The van der Waals surface area contributed by atoms with Crippen LogP contribution in [-0.2, 0) is 4.79 Å². The minimum Gasteiger partial charge on any atom is -0.387 e. The molecule has 0 aromatic rings. The van der Waals surface area contributed by atoms with Crippen molar-refractivity contribution >= 4 is 11.9 Å². The second-order valence-corrected chi connectivity index (χ2v) is 1.55. The van der Waals surface area contributed by atoms with Gasteiger partial charge in [0.2, 0.25) is 6.41 Å². The SMILES string of the molecule is O=C(CO)NC(=O)NC(O)O. The maximum absolute atomic E-state index is 10.3. The van der Waals surface area contributed by atoms with E-state index in [0.29, 0.717) is 0 Å². The Balaban J connectivity index is 3.61. The molecule has 0 bridgehead atoms. The Labute approximate surface area is 61.6 Å². The first kappa shape index (κ1) is 9.82. The van der Waals surface area contributed by atoms with Gasteiger partial charge in [-0.15, -0.1) is 0 Å². The normalized spacial score (nSPS) is 9.45. The number of aliphatic hydroxyl groups excluding tert-OH is 2. The van der Waals surface area contributed by atoms with Gasteiger partial charge in [-0.3, -0.25) is 15.4 Å². The fourth-order valence-corrected chi connectivity index (χ4v) is 0.319. The van der Waals surface area contributed by atoms with Crippen molar-refractivity contribution in [2.75, 3.05) is 6.61 Å². The largest absolute Gasteiger partial charge is 0.387 e. The van der Waals surface area contributed by atoms with Crippen LogP contribution in [0.4, 0.5) is 4.79 Å². The number of hydrogen-bond donors (Lipinski definition) is 5. The summed E-state index contributed by atoms with van der Waals surface area (Å²) in [5.41, 5.74) is 0. The van der Waals surface area contributed by atoms with Gasteiger partial charge in [-0.25, -0.2) is 4.79 Å². The van der Waals surface area contributed by atoms with E-state index in [1.807, 2.05) is 0 Å².